The van der Waals surface area contributed by atoms with Crippen molar-refractivity contribution in [1.82, 2.24) is 5.32 Å². The van der Waals surface area contributed by atoms with Crippen molar-refractivity contribution in [3.63, 3.8) is 0 Å². The number of carbonyl (C=O) groups excluding carboxylic acids is 1. The Morgan fingerprint density at radius 2 is 1.70 bits per heavy atom. The molecular weight excluding hydrogens is 570 g/mol. The van der Waals surface area contributed by atoms with Gasteiger partial charge in [-0.25, -0.2) is 8.42 Å². The predicted molar refractivity (Wildman–Crippen MR) is 163 cm³/mol. The van der Waals surface area contributed by atoms with Crippen LogP contribution in [0.3, 0.4) is 0 Å². The molecule has 0 bridgehead atoms. The molecule has 12 heteroatoms. The minimum atomic E-state index is -4.03. The van der Waals surface area contributed by atoms with Gasteiger partial charge in [-0.1, -0.05) is 36.4 Å². The van der Waals surface area contributed by atoms with E-state index in [2.05, 4.69) is 10.0 Å². The molecule has 0 aliphatic carbocycles. The molecule has 1 heterocycles. The third-order valence-corrected chi connectivity index (χ3v) is 8.43. The lowest BCUT2D eigenvalue weighted by molar-refractivity contribution is 0.0826. The highest BCUT2D eigenvalue weighted by Crippen LogP contribution is 2.44. The number of ether oxygens (including phenoxy) is 3. The molecule has 0 aromatic heterocycles. The van der Waals surface area contributed by atoms with Crippen LogP contribution in [0.1, 0.15) is 33.0 Å². The van der Waals surface area contributed by atoms with Gasteiger partial charge < -0.3 is 31.0 Å². The first-order valence-corrected chi connectivity index (χ1v) is 14.7. The standard InChI is InChI=1S/C31H31N5O6S/c1-40-26-12-11-19(14-27(26)41-2)30(37)35-31-24(13-18-7-4-3-5-8-18)23-16-21(17-25(29(33)34)28(23)42-31)36-43(38,39)22-10-6-9-20(32)15-22/h3-12,14-17,24,31,36H,13,32H2,1-2H3,(H3,33,34)(H,35,37). The Hall–Kier alpha value is -5.23. The average molecular weight is 602 g/mol. The van der Waals surface area contributed by atoms with E-state index in [9.17, 15) is 13.2 Å². The van der Waals surface area contributed by atoms with E-state index >= 15 is 0 Å². The minimum absolute atomic E-state index is 0.0190. The summed E-state index contributed by atoms with van der Waals surface area (Å²) in [4.78, 5) is 13.4. The fraction of sp³-hybridized carbons (Fsp3) is 0.161. The van der Waals surface area contributed by atoms with E-state index in [0.717, 1.165) is 5.56 Å². The lowest BCUT2D eigenvalue weighted by atomic mass is 9.90. The van der Waals surface area contributed by atoms with E-state index < -0.39 is 28.1 Å². The van der Waals surface area contributed by atoms with E-state index in [0.29, 0.717) is 34.7 Å². The molecule has 11 nitrogen and oxygen atoms in total. The molecule has 1 aliphatic rings. The SMILES string of the molecule is COc1ccc(C(=O)NC2Oc3c(C(=N)N)cc(NS(=O)(=O)c4cccc(N)c4)cc3C2Cc2ccccc2)cc1OC. The largest absolute Gasteiger partial charge is 0.493 e. The average Bonchev–Trinajstić information content (AvgIpc) is 3.32. The van der Waals surface area contributed by atoms with Crippen molar-refractivity contribution in [2.45, 2.75) is 23.5 Å². The zero-order chi connectivity index (χ0) is 30.7. The van der Waals surface area contributed by atoms with Gasteiger partial charge in [-0.05, 0) is 60.5 Å². The zero-order valence-electron chi connectivity index (χ0n) is 23.5. The van der Waals surface area contributed by atoms with Gasteiger partial charge in [0.25, 0.3) is 15.9 Å². The second-order valence-corrected chi connectivity index (χ2v) is 11.6. The molecule has 0 radical (unpaired) electrons. The number of benzene rings is 4. The molecule has 0 saturated carbocycles. The van der Waals surface area contributed by atoms with Crippen LogP contribution in [0.15, 0.2) is 89.8 Å². The second kappa shape index (κ2) is 11.9. The lowest BCUT2D eigenvalue weighted by Gasteiger charge is -2.21. The van der Waals surface area contributed by atoms with Crippen molar-refractivity contribution in [3.05, 3.63) is 107 Å². The number of amides is 1. The number of anilines is 2. The maximum absolute atomic E-state index is 13.4. The van der Waals surface area contributed by atoms with Crippen molar-refractivity contribution in [3.8, 4) is 17.2 Å². The van der Waals surface area contributed by atoms with Gasteiger partial charge in [0.15, 0.2) is 17.7 Å². The van der Waals surface area contributed by atoms with Crippen LogP contribution < -0.4 is 35.7 Å². The van der Waals surface area contributed by atoms with Gasteiger partial charge in [-0.3, -0.25) is 14.9 Å². The summed E-state index contributed by atoms with van der Waals surface area (Å²) in [7, 11) is -1.04. The summed E-state index contributed by atoms with van der Waals surface area (Å²) in [6.07, 6.45) is -0.428. The molecule has 2 atom stereocenters. The van der Waals surface area contributed by atoms with Crippen LogP contribution in [-0.4, -0.2) is 40.6 Å². The number of hydrogen-bond acceptors (Lipinski definition) is 8. The first kappa shape index (κ1) is 29.3. The normalized spacial score (nSPS) is 15.6. The number of amidine groups is 1. The van der Waals surface area contributed by atoms with Crippen molar-refractivity contribution in [2.24, 2.45) is 5.73 Å². The number of sulfonamides is 1. The third kappa shape index (κ3) is 6.19. The summed E-state index contributed by atoms with van der Waals surface area (Å²) in [6.45, 7) is 0. The van der Waals surface area contributed by atoms with Gasteiger partial charge >= 0.3 is 0 Å². The zero-order valence-corrected chi connectivity index (χ0v) is 24.3. The highest BCUT2D eigenvalue weighted by Gasteiger charge is 2.38. The minimum Gasteiger partial charge on any atom is -0.493 e. The maximum atomic E-state index is 13.4. The Balaban J connectivity index is 1.53. The summed E-state index contributed by atoms with van der Waals surface area (Å²) in [5.41, 5.74) is 14.3. The van der Waals surface area contributed by atoms with Gasteiger partial charge in [0.2, 0.25) is 0 Å². The molecule has 0 saturated heterocycles. The lowest BCUT2D eigenvalue weighted by Crippen LogP contribution is -2.41. The summed E-state index contributed by atoms with van der Waals surface area (Å²) in [6, 6.07) is 23.4. The van der Waals surface area contributed by atoms with E-state index in [1.807, 2.05) is 30.3 Å². The van der Waals surface area contributed by atoms with Crippen molar-refractivity contribution < 1.29 is 27.4 Å². The van der Waals surface area contributed by atoms with Crippen LogP contribution >= 0.6 is 0 Å². The number of hydrogen-bond donors (Lipinski definition) is 5. The third-order valence-electron chi connectivity index (χ3n) is 7.06. The van der Waals surface area contributed by atoms with Crippen molar-refractivity contribution in [2.75, 3.05) is 24.7 Å². The molecule has 2 unspecified atom stereocenters. The summed E-state index contributed by atoms with van der Waals surface area (Å²) in [5.74, 6) is -0.0582. The van der Waals surface area contributed by atoms with Crippen LogP contribution in [-0.2, 0) is 16.4 Å². The highest BCUT2D eigenvalue weighted by atomic mass is 32.2. The van der Waals surface area contributed by atoms with Crippen molar-refractivity contribution >= 4 is 33.1 Å². The Morgan fingerprint density at radius 3 is 2.37 bits per heavy atom. The van der Waals surface area contributed by atoms with Crippen LogP contribution in [0.4, 0.5) is 11.4 Å². The van der Waals surface area contributed by atoms with E-state index in [-0.39, 0.29) is 27.7 Å². The predicted octanol–water partition coefficient (Wildman–Crippen LogP) is 3.85. The van der Waals surface area contributed by atoms with Crippen LogP contribution in [0, 0.1) is 5.41 Å². The van der Waals surface area contributed by atoms with E-state index in [1.54, 1.807) is 36.4 Å². The van der Waals surface area contributed by atoms with E-state index in [1.165, 1.54) is 32.4 Å². The summed E-state index contributed by atoms with van der Waals surface area (Å²) in [5, 5.41) is 11.2. The molecule has 222 valence electrons. The number of nitrogens with two attached hydrogens (primary N) is 2. The number of methoxy groups -OCH3 is 2. The maximum Gasteiger partial charge on any atom is 0.261 e. The molecule has 4 aromatic carbocycles. The van der Waals surface area contributed by atoms with Crippen molar-refractivity contribution in [1.29, 1.82) is 5.41 Å². The molecule has 5 rings (SSSR count). The van der Waals surface area contributed by atoms with E-state index in [4.69, 9.17) is 31.1 Å². The monoisotopic (exact) mass is 601 g/mol. The fourth-order valence-electron chi connectivity index (χ4n) is 4.99. The van der Waals surface area contributed by atoms with Crippen LogP contribution in [0.5, 0.6) is 17.2 Å². The molecule has 1 aliphatic heterocycles. The summed E-state index contributed by atoms with van der Waals surface area (Å²) >= 11 is 0. The number of carbonyl (C=O) groups is 1. The number of fused-ring (bicyclic) bond motifs is 1. The van der Waals surface area contributed by atoms with Gasteiger partial charge in [0, 0.05) is 22.7 Å². The second-order valence-electron chi connectivity index (χ2n) is 9.91. The fourth-order valence-corrected chi connectivity index (χ4v) is 6.09. The Bertz CT molecular complexity index is 1800. The first-order chi connectivity index (χ1) is 20.6. The molecule has 43 heavy (non-hydrogen) atoms. The first-order valence-electron chi connectivity index (χ1n) is 13.2. The Kier molecular flexibility index (Phi) is 8.13. The Labute approximate surface area is 249 Å². The molecule has 4 aromatic rings. The summed E-state index contributed by atoms with van der Waals surface area (Å²) < 4.78 is 45.9. The topological polar surface area (TPSA) is 179 Å². The van der Waals surface area contributed by atoms with Gasteiger partial charge in [-0.2, -0.15) is 0 Å². The smallest absolute Gasteiger partial charge is 0.261 e. The van der Waals surface area contributed by atoms with Crippen LogP contribution in [0.2, 0.25) is 0 Å². The Morgan fingerprint density at radius 1 is 0.953 bits per heavy atom. The number of nitrogens with one attached hydrogen (secondary N) is 3. The number of rotatable bonds is 10. The molecule has 0 spiro atoms. The molecule has 7 N–H and O–H groups in total. The molecular formula is C31H31N5O6S. The number of nitrogen functional groups attached to an aromatic ring is 2. The molecule has 1 amide bonds. The quantitative estimate of drug-likeness (QED) is 0.103. The molecule has 0 fully saturated rings. The van der Waals surface area contributed by atoms with Gasteiger partial charge in [0.05, 0.1) is 30.4 Å². The van der Waals surface area contributed by atoms with Gasteiger partial charge in [-0.15, -0.1) is 0 Å². The van der Waals surface area contributed by atoms with Crippen LogP contribution in [0.25, 0.3) is 0 Å². The van der Waals surface area contributed by atoms with Gasteiger partial charge in [0.1, 0.15) is 11.6 Å². The highest BCUT2D eigenvalue weighted by molar-refractivity contribution is 7.92.